The fourth-order valence-electron chi connectivity index (χ4n) is 4.17. The smallest absolute Gasteiger partial charge is 0.249 e. The molecular formula is C28H32N6O2. The predicted octanol–water partition coefficient (Wildman–Crippen LogP) is 4.38. The summed E-state index contributed by atoms with van der Waals surface area (Å²) in [7, 11) is 0. The standard InChI is InChI=1S/C28H32N6O2/c1-19(2)13-15-30-28(36)27(22-8-7-14-29-17-22)34(25-16-20(3)11-12-21(25)4)26(35)18-33-24-10-6-5-9-23(24)31-32-33/h5-12,14,16-17,19,27H,13,15,18H2,1-4H3,(H,30,36)/t27-/m1/s1. The molecule has 0 saturated carbocycles. The number of hydrogen-bond acceptors (Lipinski definition) is 5. The van der Waals surface area contributed by atoms with Crippen LogP contribution in [0.4, 0.5) is 5.69 Å². The van der Waals surface area contributed by atoms with Gasteiger partial charge in [-0.15, -0.1) is 5.10 Å². The lowest BCUT2D eigenvalue weighted by Gasteiger charge is -2.32. The highest BCUT2D eigenvalue weighted by molar-refractivity contribution is 6.02. The van der Waals surface area contributed by atoms with Crippen molar-refractivity contribution in [3.05, 3.63) is 83.7 Å². The molecule has 0 saturated heterocycles. The third-order valence-corrected chi connectivity index (χ3v) is 6.13. The SMILES string of the molecule is Cc1ccc(C)c(N(C(=O)Cn2nnc3ccccc32)[C@@H](C(=O)NCCC(C)C)c2cccnc2)c1. The number of nitrogens with one attached hydrogen (secondary N) is 1. The fourth-order valence-corrected chi connectivity index (χ4v) is 4.17. The highest BCUT2D eigenvalue weighted by Gasteiger charge is 2.34. The van der Waals surface area contributed by atoms with Crippen LogP contribution in [0.1, 0.15) is 43.0 Å². The zero-order valence-electron chi connectivity index (χ0n) is 21.2. The molecule has 8 nitrogen and oxygen atoms in total. The number of hydrogen-bond donors (Lipinski definition) is 1. The van der Waals surface area contributed by atoms with Gasteiger partial charge in [-0.2, -0.15) is 0 Å². The van der Waals surface area contributed by atoms with Crippen LogP contribution < -0.4 is 10.2 Å². The highest BCUT2D eigenvalue weighted by atomic mass is 16.2. The van der Waals surface area contributed by atoms with E-state index in [1.54, 1.807) is 28.0 Å². The first kappa shape index (κ1) is 25.0. The first-order valence-corrected chi connectivity index (χ1v) is 12.2. The molecule has 2 aromatic carbocycles. The Morgan fingerprint density at radius 1 is 1.06 bits per heavy atom. The van der Waals surface area contributed by atoms with E-state index in [-0.39, 0.29) is 18.4 Å². The van der Waals surface area contributed by atoms with Gasteiger partial charge in [0.15, 0.2) is 0 Å². The van der Waals surface area contributed by atoms with E-state index >= 15 is 0 Å². The summed E-state index contributed by atoms with van der Waals surface area (Å²) < 4.78 is 1.58. The average Bonchev–Trinajstić information content (AvgIpc) is 3.27. The van der Waals surface area contributed by atoms with Crippen molar-refractivity contribution in [1.29, 1.82) is 0 Å². The minimum absolute atomic E-state index is 0.0655. The van der Waals surface area contributed by atoms with Crippen molar-refractivity contribution >= 4 is 28.5 Å². The van der Waals surface area contributed by atoms with Crippen LogP contribution >= 0.6 is 0 Å². The second-order valence-electron chi connectivity index (χ2n) is 9.45. The molecule has 186 valence electrons. The molecule has 0 aliphatic carbocycles. The van der Waals surface area contributed by atoms with Gasteiger partial charge in [0.2, 0.25) is 11.8 Å². The Balaban J connectivity index is 1.78. The Morgan fingerprint density at radius 2 is 1.86 bits per heavy atom. The Hall–Kier alpha value is -4.07. The predicted molar refractivity (Wildman–Crippen MR) is 140 cm³/mol. The molecule has 0 bridgehead atoms. The lowest BCUT2D eigenvalue weighted by molar-refractivity contribution is -0.127. The molecule has 0 aliphatic heterocycles. The first-order chi connectivity index (χ1) is 17.3. The van der Waals surface area contributed by atoms with Crippen molar-refractivity contribution in [3.8, 4) is 0 Å². The molecule has 0 radical (unpaired) electrons. The minimum atomic E-state index is -0.895. The summed E-state index contributed by atoms with van der Waals surface area (Å²) in [6.45, 7) is 8.59. The maximum Gasteiger partial charge on any atom is 0.249 e. The lowest BCUT2D eigenvalue weighted by Crippen LogP contribution is -2.46. The van der Waals surface area contributed by atoms with Crippen molar-refractivity contribution in [2.24, 2.45) is 5.92 Å². The van der Waals surface area contributed by atoms with Crippen molar-refractivity contribution in [2.45, 2.75) is 46.7 Å². The van der Waals surface area contributed by atoms with E-state index in [9.17, 15) is 9.59 Å². The molecule has 0 spiro atoms. The van der Waals surface area contributed by atoms with Gasteiger partial charge in [0.25, 0.3) is 0 Å². The Kier molecular flexibility index (Phi) is 7.73. The summed E-state index contributed by atoms with van der Waals surface area (Å²) in [6, 6.07) is 16.1. The summed E-state index contributed by atoms with van der Waals surface area (Å²) >= 11 is 0. The molecule has 4 aromatic rings. The van der Waals surface area contributed by atoms with Crippen molar-refractivity contribution in [1.82, 2.24) is 25.3 Å². The third kappa shape index (κ3) is 5.59. The van der Waals surface area contributed by atoms with Gasteiger partial charge < -0.3 is 5.32 Å². The topological polar surface area (TPSA) is 93.0 Å². The molecule has 0 aliphatic rings. The molecule has 0 unspecified atom stereocenters. The van der Waals surface area contributed by atoms with Crippen LogP contribution in [0.2, 0.25) is 0 Å². The zero-order valence-corrected chi connectivity index (χ0v) is 21.2. The molecule has 0 fully saturated rings. The summed E-state index contributed by atoms with van der Waals surface area (Å²) in [6.07, 6.45) is 4.14. The quantitative estimate of drug-likeness (QED) is 0.381. The number of nitrogens with zero attached hydrogens (tertiary/aromatic N) is 5. The number of pyridine rings is 1. The fraction of sp³-hybridized carbons (Fsp3) is 0.321. The maximum absolute atomic E-state index is 14.1. The zero-order chi connectivity index (χ0) is 25.7. The van der Waals surface area contributed by atoms with Crippen LogP contribution in [0.3, 0.4) is 0 Å². The second-order valence-corrected chi connectivity index (χ2v) is 9.45. The van der Waals surface area contributed by atoms with Gasteiger partial charge in [0, 0.05) is 30.2 Å². The van der Waals surface area contributed by atoms with Crippen LogP contribution in [0, 0.1) is 19.8 Å². The largest absolute Gasteiger partial charge is 0.354 e. The normalized spacial score (nSPS) is 12.0. The van der Waals surface area contributed by atoms with Crippen LogP contribution in [-0.2, 0) is 16.1 Å². The van der Waals surface area contributed by atoms with Gasteiger partial charge in [-0.3, -0.25) is 19.5 Å². The van der Waals surface area contributed by atoms with Gasteiger partial charge in [0.05, 0.1) is 5.52 Å². The van der Waals surface area contributed by atoms with Crippen molar-refractivity contribution in [3.63, 3.8) is 0 Å². The van der Waals surface area contributed by atoms with E-state index in [0.29, 0.717) is 29.2 Å². The first-order valence-electron chi connectivity index (χ1n) is 12.2. The lowest BCUT2D eigenvalue weighted by atomic mass is 10.0. The average molecular weight is 485 g/mol. The van der Waals surface area contributed by atoms with Crippen LogP contribution in [0.15, 0.2) is 67.0 Å². The van der Waals surface area contributed by atoms with Crippen molar-refractivity contribution < 1.29 is 9.59 Å². The van der Waals surface area contributed by atoms with E-state index in [0.717, 1.165) is 23.1 Å². The van der Waals surface area contributed by atoms with Crippen LogP contribution in [-0.4, -0.2) is 38.3 Å². The molecule has 8 heteroatoms. The van der Waals surface area contributed by atoms with Gasteiger partial charge in [-0.1, -0.05) is 49.4 Å². The van der Waals surface area contributed by atoms with Crippen molar-refractivity contribution in [2.75, 3.05) is 11.4 Å². The molecule has 2 amide bonds. The maximum atomic E-state index is 14.1. The van der Waals surface area contributed by atoms with E-state index in [4.69, 9.17) is 0 Å². The van der Waals surface area contributed by atoms with E-state index in [2.05, 4.69) is 34.5 Å². The highest BCUT2D eigenvalue weighted by Crippen LogP contribution is 2.31. The molecular weight excluding hydrogens is 452 g/mol. The summed E-state index contributed by atoms with van der Waals surface area (Å²) in [5.41, 5.74) is 4.66. The van der Waals surface area contributed by atoms with Gasteiger partial charge in [-0.05, 0) is 61.6 Å². The number of aryl methyl sites for hydroxylation is 2. The summed E-state index contributed by atoms with van der Waals surface area (Å²) in [5.74, 6) is -0.0759. The van der Waals surface area contributed by atoms with Gasteiger partial charge in [0.1, 0.15) is 18.1 Å². The van der Waals surface area contributed by atoms with E-state index < -0.39 is 6.04 Å². The number of fused-ring (bicyclic) bond motifs is 1. The second kappa shape index (κ2) is 11.1. The van der Waals surface area contributed by atoms with Crippen LogP contribution in [0.5, 0.6) is 0 Å². The Morgan fingerprint density at radius 3 is 2.61 bits per heavy atom. The molecule has 2 heterocycles. The van der Waals surface area contributed by atoms with Gasteiger partial charge >= 0.3 is 0 Å². The molecule has 2 aromatic heterocycles. The van der Waals surface area contributed by atoms with E-state index in [1.807, 2.05) is 62.4 Å². The number of para-hydroxylation sites is 1. The van der Waals surface area contributed by atoms with Crippen LogP contribution in [0.25, 0.3) is 11.0 Å². The molecule has 4 rings (SSSR count). The number of amides is 2. The summed E-state index contributed by atoms with van der Waals surface area (Å²) in [5, 5.41) is 11.4. The molecule has 1 atom stereocenters. The number of anilines is 1. The Labute approximate surface area is 211 Å². The van der Waals surface area contributed by atoms with Gasteiger partial charge in [-0.25, -0.2) is 4.68 Å². The molecule has 36 heavy (non-hydrogen) atoms. The number of carbonyl (C=O) groups excluding carboxylic acids is 2. The number of benzene rings is 2. The third-order valence-electron chi connectivity index (χ3n) is 6.13. The number of carbonyl (C=O) groups is 2. The number of aromatic nitrogens is 4. The minimum Gasteiger partial charge on any atom is -0.354 e. The van der Waals surface area contributed by atoms with E-state index in [1.165, 1.54) is 0 Å². The Bertz CT molecular complexity index is 1350. The number of rotatable bonds is 9. The monoisotopic (exact) mass is 484 g/mol. The molecule has 1 N–H and O–H groups in total. The summed E-state index contributed by atoms with van der Waals surface area (Å²) in [4.78, 5) is 33.6.